The van der Waals surface area contributed by atoms with Crippen LogP contribution in [0.5, 0.6) is 0 Å². The number of carboxylic acids is 2. The Morgan fingerprint density at radius 1 is 0.643 bits per heavy atom. The molecule has 0 bridgehead atoms. The van der Waals surface area contributed by atoms with E-state index >= 15 is 0 Å². The Hall–Kier alpha value is -2.91. The zero-order valence-electron chi connectivity index (χ0n) is 61.3. The van der Waals surface area contributed by atoms with Crippen LogP contribution in [0, 0.1) is 92.7 Å². The normalized spacial score (nSPS) is 31.4. The molecule has 9 rings (SSSR count). The van der Waals surface area contributed by atoms with Gasteiger partial charge in [-0.3, -0.25) is 14.8 Å². The molecule has 2 amide bonds. The second kappa shape index (κ2) is 41.0. The summed E-state index contributed by atoms with van der Waals surface area (Å²) in [6.45, 7) is 26.7. The van der Waals surface area contributed by atoms with E-state index < -0.39 is 11.9 Å². The van der Waals surface area contributed by atoms with Gasteiger partial charge in [0.2, 0.25) is 0 Å². The largest absolute Gasteiger partial charge is 1.00 e. The standard InChI is InChI=1S/C39H62N4O2S2.C36H61N3O4S2.C2H4O2S.ClH/c1-27(2)10-8-11-28(3)32-16-17-33-31-15-14-29-26-30(18-20-38(29,4)34(31)19-21-39(32,33)5)45-37(44)43-24-23-41-35(40)12-9-25-46-47-36-13-6-7-22-42-36;1-24(2)8-6-9-25(3)29-13-14-30-28-12-11-26-22-27(15-17-35(26,4)31(28)16-18-36(29,30)5)43-34(42)39-20-19-38-32(37)10-7-21-44-45-23-33(40)41;3-2(4)1-5;/h6-7,13-14,22,27-28,30-34H,8-12,15-21,23-26H2,1-5H3,(H2,40,41)(H,43,44);11,24-25,27-31H,6-10,12-23H2,1-5H3,(H2,37,38)(H,39,42)(H,40,41);5H,1H2,(H,3,4);1H/p-2. The lowest BCUT2D eigenvalue weighted by Gasteiger charge is -2.58. The van der Waals surface area contributed by atoms with Crippen molar-refractivity contribution in [2.75, 3.05) is 49.2 Å². The Morgan fingerprint density at radius 2 is 1.10 bits per heavy atom. The number of ether oxygens (including phenoxy) is 2. The van der Waals surface area contributed by atoms with Gasteiger partial charge in [-0.2, -0.15) is 12.6 Å². The van der Waals surface area contributed by atoms with E-state index in [1.807, 2.05) is 24.4 Å². The molecule has 7 N–H and O–H groups in total. The van der Waals surface area contributed by atoms with Crippen molar-refractivity contribution in [3.05, 3.63) is 47.7 Å². The molecule has 16 unspecified atom stereocenters. The number of hydrogen-bond donors (Lipinski definition) is 6. The third-order valence-corrected chi connectivity index (χ3v) is 29.9. The number of halogens is 1. The zero-order chi connectivity index (χ0) is 70.3. The van der Waals surface area contributed by atoms with Crippen molar-refractivity contribution in [1.29, 1.82) is 0 Å². The molecule has 0 aliphatic heterocycles. The van der Waals surface area contributed by atoms with Crippen LogP contribution < -0.4 is 39.6 Å². The van der Waals surface area contributed by atoms with Crippen molar-refractivity contribution in [3.63, 3.8) is 0 Å². The first kappa shape index (κ1) is 84.0. The number of amides is 2. The van der Waals surface area contributed by atoms with E-state index in [-0.39, 0.29) is 59.1 Å². The van der Waals surface area contributed by atoms with E-state index in [1.54, 1.807) is 32.7 Å². The monoisotopic (exact) mass is 1470 g/mol. The summed E-state index contributed by atoms with van der Waals surface area (Å²) in [4.78, 5) is 58.1. The number of nitrogens with two attached hydrogens (primary N) is 2. The number of carbonyl (C=O) groups is 4. The smallest absolute Gasteiger partial charge is 0.407 e. The van der Waals surface area contributed by atoms with Crippen LogP contribution in [0.25, 0.3) is 0 Å². The van der Waals surface area contributed by atoms with Crippen LogP contribution in [0.1, 0.15) is 236 Å². The third-order valence-electron chi connectivity index (χ3n) is 25.0. The van der Waals surface area contributed by atoms with Crippen LogP contribution >= 0.6 is 55.8 Å². The number of fused-ring (bicyclic) bond motifs is 10. The number of aliphatic carboxylic acids is 2. The molecule has 1 aromatic rings. The van der Waals surface area contributed by atoms with Crippen LogP contribution in [0.4, 0.5) is 9.59 Å². The quantitative estimate of drug-likeness (QED) is 0.00981. The summed E-state index contributed by atoms with van der Waals surface area (Å²) in [6, 6.07) is 5.95. The van der Waals surface area contributed by atoms with Gasteiger partial charge < -0.3 is 59.0 Å². The fourth-order valence-corrected chi connectivity index (χ4v) is 23.8. The van der Waals surface area contributed by atoms with Gasteiger partial charge in [0.05, 0.1) is 36.5 Å². The number of hydrogen-bond acceptors (Lipinski definition) is 15. The van der Waals surface area contributed by atoms with Crippen LogP contribution in [0.2, 0.25) is 0 Å². The number of allylic oxidation sites excluding steroid dienone is 2. The number of rotatable bonds is 32. The molecule has 21 heteroatoms. The minimum Gasteiger partial charge on any atom is -1.00 e. The highest BCUT2D eigenvalue weighted by atomic mass is 35.5. The van der Waals surface area contributed by atoms with E-state index in [1.165, 1.54) is 124 Å². The lowest BCUT2D eigenvalue weighted by Crippen LogP contribution is -3.00. The zero-order valence-corrected chi connectivity index (χ0v) is 66.3. The molecular weight excluding hydrogens is 1350 g/mol. The lowest BCUT2D eigenvalue weighted by molar-refractivity contribution is -0.301. The van der Waals surface area contributed by atoms with Crippen molar-refractivity contribution in [1.82, 2.24) is 15.6 Å². The number of carboxylic acid groups (broad SMARTS) is 2. The maximum Gasteiger partial charge on any atom is 0.407 e. The minimum atomic E-state index is -1.05. The van der Waals surface area contributed by atoms with E-state index in [4.69, 9.17) is 26.0 Å². The summed E-state index contributed by atoms with van der Waals surface area (Å²) in [5.74, 6) is 11.0. The Balaban J connectivity index is 0.000000287. The van der Waals surface area contributed by atoms with Gasteiger partial charge in [0, 0.05) is 62.2 Å². The molecule has 0 radical (unpaired) electrons. The fraction of sp³-hybridized carbons (Fsp3) is 0.805. The Labute approximate surface area is 618 Å². The van der Waals surface area contributed by atoms with E-state index in [9.17, 15) is 24.3 Å². The highest BCUT2D eigenvalue weighted by Gasteiger charge is 2.61. The first-order valence-corrected chi connectivity index (χ1v) is 43.1. The van der Waals surface area contributed by atoms with Crippen molar-refractivity contribution in [2.45, 2.75) is 253 Å². The molecular formula is C77H126ClN7O8S5-2. The molecule has 98 heavy (non-hydrogen) atoms. The molecule has 8 aliphatic carbocycles. The highest BCUT2D eigenvalue weighted by Crippen LogP contribution is 2.69. The van der Waals surface area contributed by atoms with Crippen molar-refractivity contribution < 1.29 is 51.3 Å². The topological polar surface area (TPSA) is 244 Å². The number of pyridine rings is 1. The van der Waals surface area contributed by atoms with Gasteiger partial charge in [0.1, 0.15) is 17.2 Å². The van der Waals surface area contributed by atoms with Gasteiger partial charge >= 0.3 is 18.2 Å². The van der Waals surface area contributed by atoms with Gasteiger partial charge in [-0.15, -0.1) is 0 Å². The minimum absolute atomic E-state index is 0. The molecule has 15 nitrogen and oxygen atoms in total. The summed E-state index contributed by atoms with van der Waals surface area (Å²) < 4.78 is 11.8. The van der Waals surface area contributed by atoms with Crippen LogP contribution in [-0.2, 0) is 19.1 Å². The molecule has 6 fully saturated rings. The van der Waals surface area contributed by atoms with E-state index in [2.05, 4.69) is 120 Å². The second-order valence-corrected chi connectivity index (χ2v) is 37.3. The summed E-state index contributed by atoms with van der Waals surface area (Å²) in [7, 11) is 6.25. The maximum absolute atomic E-state index is 12.7. The van der Waals surface area contributed by atoms with Gasteiger partial charge in [-0.25, -0.2) is 14.6 Å². The first-order valence-electron chi connectivity index (χ1n) is 37.6. The summed E-state index contributed by atoms with van der Waals surface area (Å²) in [6.07, 6.45) is 37.3. The Kier molecular flexibility index (Phi) is 35.1. The number of nitrogens with one attached hydrogen (secondary N) is 2. The SMILES string of the molecule is CC(C)CCCC(C)C1CCC2C3CC=C4CC(OC(=O)NCCN=C(N)CCCSSCC(=O)[O-])CCC4(C)C3CCC12C.CC(C)CCCC(C)C1CCC2C3CC=C4CC(OC(=O)NCCN=C(N)CCCSSc5ccccn5)CCC4(C)C3CCC12C.O=C(O)CS.[Cl-]. The number of thiol groups is 1. The number of aliphatic imine (C=N–C) groups is 2. The van der Waals surface area contributed by atoms with E-state index in [0.717, 1.165) is 145 Å². The second-order valence-electron chi connectivity index (χ2n) is 32.0. The predicted octanol–water partition coefficient (Wildman–Crippen LogP) is 14.5. The molecule has 8 aliphatic rings. The molecule has 1 aromatic heterocycles. The van der Waals surface area contributed by atoms with Gasteiger partial charge in [0.15, 0.2) is 0 Å². The maximum atomic E-state index is 12.7. The number of aromatic nitrogens is 1. The fourth-order valence-electron chi connectivity index (χ4n) is 20.0. The molecule has 0 saturated heterocycles. The average Bonchev–Trinajstić information content (AvgIpc) is 1.38. The predicted molar refractivity (Wildman–Crippen MR) is 408 cm³/mol. The Bertz CT molecular complexity index is 2780. The molecule has 16 atom stereocenters. The molecule has 6 saturated carbocycles. The number of alkyl carbamates (subject to hydrolysis) is 2. The van der Waals surface area contributed by atoms with Crippen LogP contribution in [0.15, 0.2) is 62.7 Å². The van der Waals surface area contributed by atoms with Gasteiger partial charge in [-0.05, 0) is 218 Å². The molecule has 1 heterocycles. The van der Waals surface area contributed by atoms with Crippen molar-refractivity contribution in [3.8, 4) is 0 Å². The summed E-state index contributed by atoms with van der Waals surface area (Å²) in [5.41, 5.74) is 16.7. The molecule has 556 valence electrons. The molecule has 0 aromatic carbocycles. The van der Waals surface area contributed by atoms with Gasteiger partial charge in [0.25, 0.3) is 0 Å². The van der Waals surface area contributed by atoms with Crippen molar-refractivity contribution >= 4 is 91.6 Å². The number of carbonyl (C=O) groups excluding carboxylic acids is 3. The number of amidine groups is 2. The summed E-state index contributed by atoms with van der Waals surface area (Å²) >= 11 is 3.42. The van der Waals surface area contributed by atoms with Crippen LogP contribution in [-0.4, -0.2) is 107 Å². The van der Waals surface area contributed by atoms with Crippen molar-refractivity contribution in [2.24, 2.45) is 114 Å². The molecule has 0 spiro atoms. The first-order chi connectivity index (χ1) is 46.3. The third kappa shape index (κ3) is 23.8. The van der Waals surface area contributed by atoms with Gasteiger partial charge in [-0.1, -0.05) is 170 Å². The lowest BCUT2D eigenvalue weighted by atomic mass is 9.47. The highest BCUT2D eigenvalue weighted by molar-refractivity contribution is 8.77. The Morgan fingerprint density at radius 3 is 1.52 bits per heavy atom. The number of nitrogens with zero attached hydrogens (tertiary/aromatic N) is 3. The summed E-state index contributed by atoms with van der Waals surface area (Å²) in [5, 5.41) is 24.9. The van der Waals surface area contributed by atoms with E-state index in [0.29, 0.717) is 55.1 Å². The average molecular weight is 1470 g/mol. The van der Waals surface area contributed by atoms with Crippen LogP contribution in [0.3, 0.4) is 0 Å².